The van der Waals surface area contributed by atoms with Crippen LogP contribution in [0.4, 0.5) is 11.6 Å². The number of amides is 1. The molecule has 0 fully saturated rings. The zero-order chi connectivity index (χ0) is 16.8. The number of nitrogens with zero attached hydrogens (tertiary/aromatic N) is 2. The van der Waals surface area contributed by atoms with E-state index in [0.717, 1.165) is 11.3 Å². The van der Waals surface area contributed by atoms with Gasteiger partial charge in [0.15, 0.2) is 0 Å². The van der Waals surface area contributed by atoms with Gasteiger partial charge in [-0.15, -0.1) is 0 Å². The van der Waals surface area contributed by atoms with E-state index in [4.69, 9.17) is 0 Å². The summed E-state index contributed by atoms with van der Waals surface area (Å²) in [6, 6.07) is 17.7. The number of nitrogens with one attached hydrogen (secondary N) is 2. The standard InChI is InChI=1S/C19H18N4O/c1-14-7-9-17(10-8-14)23-19-21-12-16(13-22-19)18(24)20-11-15-5-3-2-4-6-15/h2-10,12-13H,11H2,1H3,(H,20,24)(H,21,22,23). The Bertz CT molecular complexity index is 799. The maximum atomic E-state index is 12.1. The molecule has 5 heteroatoms. The molecule has 0 radical (unpaired) electrons. The lowest BCUT2D eigenvalue weighted by atomic mass is 10.2. The van der Waals surface area contributed by atoms with Crippen LogP contribution in [0.25, 0.3) is 0 Å². The molecule has 0 unspecified atom stereocenters. The number of hydrogen-bond acceptors (Lipinski definition) is 4. The lowest BCUT2D eigenvalue weighted by Gasteiger charge is -2.07. The van der Waals surface area contributed by atoms with E-state index >= 15 is 0 Å². The molecule has 3 aromatic rings. The molecule has 1 heterocycles. The maximum absolute atomic E-state index is 12.1. The molecule has 3 rings (SSSR count). The molecular formula is C19H18N4O. The molecule has 0 saturated carbocycles. The number of rotatable bonds is 5. The summed E-state index contributed by atoms with van der Waals surface area (Å²) in [5.41, 5.74) is 3.57. The summed E-state index contributed by atoms with van der Waals surface area (Å²) >= 11 is 0. The van der Waals surface area contributed by atoms with Crippen LogP contribution in [0.1, 0.15) is 21.5 Å². The average Bonchev–Trinajstić information content (AvgIpc) is 2.63. The lowest BCUT2D eigenvalue weighted by molar-refractivity contribution is 0.0950. The minimum absolute atomic E-state index is 0.194. The van der Waals surface area contributed by atoms with E-state index in [-0.39, 0.29) is 5.91 Å². The normalized spacial score (nSPS) is 10.2. The summed E-state index contributed by atoms with van der Waals surface area (Å²) in [5.74, 6) is 0.263. The van der Waals surface area contributed by atoms with Crippen LogP contribution in [0, 0.1) is 6.92 Å². The number of anilines is 2. The third-order valence-corrected chi connectivity index (χ3v) is 3.52. The first kappa shape index (κ1) is 15.7. The highest BCUT2D eigenvalue weighted by atomic mass is 16.1. The van der Waals surface area contributed by atoms with E-state index < -0.39 is 0 Å². The van der Waals surface area contributed by atoms with Gasteiger partial charge in [-0.3, -0.25) is 4.79 Å². The van der Waals surface area contributed by atoms with Crippen molar-refractivity contribution < 1.29 is 4.79 Å². The minimum Gasteiger partial charge on any atom is -0.348 e. The van der Waals surface area contributed by atoms with Crippen LogP contribution >= 0.6 is 0 Å². The first-order chi connectivity index (χ1) is 11.7. The van der Waals surface area contributed by atoms with Gasteiger partial charge in [0, 0.05) is 24.6 Å². The quantitative estimate of drug-likeness (QED) is 0.756. The molecule has 2 aromatic carbocycles. The van der Waals surface area contributed by atoms with Crippen LogP contribution in [0.5, 0.6) is 0 Å². The van der Waals surface area contributed by atoms with Crippen molar-refractivity contribution in [1.29, 1.82) is 0 Å². The van der Waals surface area contributed by atoms with Gasteiger partial charge in [-0.2, -0.15) is 0 Å². The van der Waals surface area contributed by atoms with Gasteiger partial charge in [-0.05, 0) is 24.6 Å². The fourth-order valence-corrected chi connectivity index (χ4v) is 2.16. The second kappa shape index (κ2) is 7.37. The van der Waals surface area contributed by atoms with E-state index in [2.05, 4.69) is 20.6 Å². The van der Waals surface area contributed by atoms with E-state index in [1.807, 2.05) is 61.5 Å². The Kier molecular flexibility index (Phi) is 4.81. The summed E-state index contributed by atoms with van der Waals surface area (Å²) in [5, 5.41) is 5.95. The van der Waals surface area contributed by atoms with Crippen molar-refractivity contribution in [2.24, 2.45) is 0 Å². The Morgan fingerprint density at radius 3 is 2.29 bits per heavy atom. The number of benzene rings is 2. The van der Waals surface area contributed by atoms with Crippen LogP contribution in [-0.4, -0.2) is 15.9 Å². The second-order valence-corrected chi connectivity index (χ2v) is 5.45. The predicted octanol–water partition coefficient (Wildman–Crippen LogP) is 3.46. The molecule has 24 heavy (non-hydrogen) atoms. The van der Waals surface area contributed by atoms with Crippen LogP contribution in [0.15, 0.2) is 67.0 Å². The largest absolute Gasteiger partial charge is 0.348 e. The van der Waals surface area contributed by atoms with Crippen molar-refractivity contribution in [2.45, 2.75) is 13.5 Å². The fraction of sp³-hybridized carbons (Fsp3) is 0.105. The van der Waals surface area contributed by atoms with Gasteiger partial charge in [0.25, 0.3) is 5.91 Å². The SMILES string of the molecule is Cc1ccc(Nc2ncc(C(=O)NCc3ccccc3)cn2)cc1. The van der Waals surface area contributed by atoms with E-state index in [0.29, 0.717) is 18.1 Å². The number of aromatic nitrogens is 2. The molecule has 0 aliphatic rings. The third kappa shape index (κ3) is 4.16. The third-order valence-electron chi connectivity index (χ3n) is 3.52. The molecule has 0 atom stereocenters. The molecule has 0 aliphatic carbocycles. The van der Waals surface area contributed by atoms with Crippen molar-refractivity contribution in [2.75, 3.05) is 5.32 Å². The van der Waals surface area contributed by atoms with Gasteiger partial charge in [0.2, 0.25) is 5.95 Å². The monoisotopic (exact) mass is 318 g/mol. The smallest absolute Gasteiger partial charge is 0.254 e. The zero-order valence-corrected chi connectivity index (χ0v) is 13.4. The van der Waals surface area contributed by atoms with Crippen molar-refractivity contribution in [1.82, 2.24) is 15.3 Å². The molecule has 120 valence electrons. The number of aryl methyl sites for hydroxylation is 1. The molecule has 1 aromatic heterocycles. The van der Waals surface area contributed by atoms with Crippen LogP contribution < -0.4 is 10.6 Å². The lowest BCUT2D eigenvalue weighted by Crippen LogP contribution is -2.23. The Balaban J connectivity index is 1.59. The Morgan fingerprint density at radius 2 is 1.62 bits per heavy atom. The number of carbonyl (C=O) groups excluding carboxylic acids is 1. The number of hydrogen-bond donors (Lipinski definition) is 2. The fourth-order valence-electron chi connectivity index (χ4n) is 2.16. The highest BCUT2D eigenvalue weighted by Gasteiger charge is 2.07. The molecule has 0 spiro atoms. The Labute approximate surface area is 140 Å². The van der Waals surface area contributed by atoms with Gasteiger partial charge in [-0.1, -0.05) is 48.0 Å². The van der Waals surface area contributed by atoms with Gasteiger partial charge in [0.1, 0.15) is 0 Å². The van der Waals surface area contributed by atoms with E-state index in [1.54, 1.807) is 0 Å². The Morgan fingerprint density at radius 1 is 0.958 bits per heavy atom. The van der Waals surface area contributed by atoms with Crippen LogP contribution in [0.3, 0.4) is 0 Å². The summed E-state index contributed by atoms with van der Waals surface area (Å²) in [6.45, 7) is 2.51. The van der Waals surface area contributed by atoms with E-state index in [9.17, 15) is 4.79 Å². The summed E-state index contributed by atoms with van der Waals surface area (Å²) in [6.07, 6.45) is 3.04. The number of carbonyl (C=O) groups is 1. The van der Waals surface area contributed by atoms with E-state index in [1.165, 1.54) is 18.0 Å². The van der Waals surface area contributed by atoms with Crippen molar-refractivity contribution in [3.8, 4) is 0 Å². The van der Waals surface area contributed by atoms with Crippen LogP contribution in [-0.2, 0) is 6.54 Å². The van der Waals surface area contributed by atoms with Crippen LogP contribution in [0.2, 0.25) is 0 Å². The molecule has 0 bridgehead atoms. The second-order valence-electron chi connectivity index (χ2n) is 5.45. The molecule has 1 amide bonds. The summed E-state index contributed by atoms with van der Waals surface area (Å²) < 4.78 is 0. The van der Waals surface area contributed by atoms with Crippen molar-refractivity contribution in [3.05, 3.63) is 83.7 Å². The maximum Gasteiger partial charge on any atom is 0.254 e. The topological polar surface area (TPSA) is 66.9 Å². The van der Waals surface area contributed by atoms with Gasteiger partial charge in [0.05, 0.1) is 5.56 Å². The summed E-state index contributed by atoms with van der Waals surface area (Å²) in [4.78, 5) is 20.5. The molecule has 2 N–H and O–H groups in total. The van der Waals surface area contributed by atoms with Gasteiger partial charge >= 0.3 is 0 Å². The first-order valence-corrected chi connectivity index (χ1v) is 7.68. The molecule has 0 aliphatic heterocycles. The summed E-state index contributed by atoms with van der Waals surface area (Å²) in [7, 11) is 0. The minimum atomic E-state index is -0.194. The molecular weight excluding hydrogens is 300 g/mol. The average molecular weight is 318 g/mol. The van der Waals surface area contributed by atoms with Crippen molar-refractivity contribution in [3.63, 3.8) is 0 Å². The first-order valence-electron chi connectivity index (χ1n) is 7.68. The molecule has 0 saturated heterocycles. The predicted molar refractivity (Wildman–Crippen MR) is 94.1 cm³/mol. The van der Waals surface area contributed by atoms with Crippen molar-refractivity contribution >= 4 is 17.5 Å². The molecule has 5 nitrogen and oxygen atoms in total. The zero-order valence-electron chi connectivity index (χ0n) is 13.4. The van der Waals surface area contributed by atoms with Gasteiger partial charge < -0.3 is 10.6 Å². The Hall–Kier alpha value is -3.21. The highest BCUT2D eigenvalue weighted by Crippen LogP contribution is 2.13. The highest BCUT2D eigenvalue weighted by molar-refractivity contribution is 5.93. The van der Waals surface area contributed by atoms with Gasteiger partial charge in [-0.25, -0.2) is 9.97 Å².